The molecule has 2 N–H and O–H groups in total. The molecule has 52 heavy (non-hydrogen) atoms. The summed E-state index contributed by atoms with van der Waals surface area (Å²) in [5.41, 5.74) is 3.92. The third kappa shape index (κ3) is 7.65. The molecule has 1 aromatic heterocycles. The Hall–Kier alpha value is -4.88. The molecule has 1 spiro atoms. The third-order valence-corrected chi connectivity index (χ3v) is 11.9. The van der Waals surface area contributed by atoms with Crippen molar-refractivity contribution in [1.29, 1.82) is 0 Å². The number of amides is 2. The van der Waals surface area contributed by atoms with Gasteiger partial charge in [-0.3, -0.25) is 14.5 Å². The molecule has 3 aromatic carbocycles. The number of carbonyl (C=O) groups excluding carboxylic acids is 2. The molecular formula is C39H43FN6O5S. The van der Waals surface area contributed by atoms with Crippen molar-refractivity contribution in [3.05, 3.63) is 101 Å². The average molecular weight is 727 g/mol. The zero-order valence-electron chi connectivity index (χ0n) is 29.4. The normalized spacial score (nSPS) is 20.2. The summed E-state index contributed by atoms with van der Waals surface area (Å²) < 4.78 is 49.4. The van der Waals surface area contributed by atoms with Crippen LogP contribution in [-0.2, 0) is 21.4 Å². The van der Waals surface area contributed by atoms with Crippen LogP contribution in [0.4, 0.5) is 10.3 Å². The number of hydrogen-bond acceptors (Lipinski definition) is 8. The maximum absolute atomic E-state index is 14.1. The van der Waals surface area contributed by atoms with Gasteiger partial charge in [-0.1, -0.05) is 42.8 Å². The van der Waals surface area contributed by atoms with E-state index < -0.39 is 21.3 Å². The molecular weight excluding hydrogens is 684 g/mol. The number of carbonyl (C=O) groups is 2. The third-order valence-electron chi connectivity index (χ3n) is 10.6. The molecule has 2 fully saturated rings. The van der Waals surface area contributed by atoms with Gasteiger partial charge in [-0.15, -0.1) is 0 Å². The molecule has 2 saturated heterocycles. The summed E-state index contributed by atoms with van der Waals surface area (Å²) in [7, 11) is -4.15. The topological polar surface area (TPSA) is 134 Å². The number of aromatic nitrogens is 2. The lowest BCUT2D eigenvalue weighted by molar-refractivity contribution is -0.141. The predicted octanol–water partition coefficient (Wildman–Crippen LogP) is 5.49. The Labute approximate surface area is 303 Å². The van der Waals surface area contributed by atoms with Crippen molar-refractivity contribution in [2.45, 2.75) is 63.4 Å². The van der Waals surface area contributed by atoms with Gasteiger partial charge in [0.1, 0.15) is 5.82 Å². The number of ether oxygens (including phenoxy) is 1. The van der Waals surface area contributed by atoms with Crippen molar-refractivity contribution in [2.75, 3.05) is 37.5 Å². The van der Waals surface area contributed by atoms with Crippen LogP contribution in [0.2, 0.25) is 0 Å². The Morgan fingerprint density at radius 1 is 0.962 bits per heavy atom. The number of rotatable bonds is 4. The number of sulfonamides is 1. The highest BCUT2D eigenvalue weighted by molar-refractivity contribution is 7.92. The fourth-order valence-electron chi connectivity index (χ4n) is 7.54. The van der Waals surface area contributed by atoms with Crippen molar-refractivity contribution in [3.63, 3.8) is 0 Å². The molecule has 3 aliphatic rings. The number of fused-ring (bicyclic) bond motifs is 4. The Bertz CT molecular complexity index is 2060. The van der Waals surface area contributed by atoms with Crippen LogP contribution in [-0.4, -0.2) is 78.8 Å². The zero-order chi connectivity index (χ0) is 36.5. The van der Waals surface area contributed by atoms with Crippen molar-refractivity contribution >= 4 is 27.8 Å². The van der Waals surface area contributed by atoms with Gasteiger partial charge in [-0.25, -0.2) is 22.5 Å². The lowest BCUT2D eigenvalue weighted by atomic mass is 9.78. The molecule has 4 aromatic rings. The summed E-state index contributed by atoms with van der Waals surface area (Å²) in [4.78, 5) is 40.6. The van der Waals surface area contributed by atoms with E-state index in [0.717, 1.165) is 48.1 Å². The molecule has 0 radical (unpaired) electrons. The first-order chi connectivity index (χ1) is 25.0. The van der Waals surface area contributed by atoms with Crippen LogP contribution >= 0.6 is 0 Å². The minimum Gasteiger partial charge on any atom is -0.477 e. The number of nitrogens with one attached hydrogen (secondary N) is 2. The second kappa shape index (κ2) is 14.6. The predicted molar refractivity (Wildman–Crippen MR) is 195 cm³/mol. The molecule has 1 unspecified atom stereocenters. The summed E-state index contributed by atoms with van der Waals surface area (Å²) in [5.74, 6) is -0.549. The molecule has 4 heterocycles. The molecule has 13 heteroatoms. The summed E-state index contributed by atoms with van der Waals surface area (Å²) in [6, 6.07) is 19.6. The van der Waals surface area contributed by atoms with E-state index in [-0.39, 0.29) is 53.2 Å². The minimum atomic E-state index is -4.15. The van der Waals surface area contributed by atoms with Gasteiger partial charge in [0, 0.05) is 48.8 Å². The number of likely N-dealkylation sites (tertiary alicyclic amines) is 2. The van der Waals surface area contributed by atoms with E-state index in [4.69, 9.17) is 4.74 Å². The van der Waals surface area contributed by atoms with Crippen molar-refractivity contribution < 1.29 is 27.1 Å². The molecule has 3 aliphatic heterocycles. The van der Waals surface area contributed by atoms with E-state index in [0.29, 0.717) is 38.2 Å². The summed E-state index contributed by atoms with van der Waals surface area (Å²) >= 11 is 0. The van der Waals surface area contributed by atoms with Gasteiger partial charge in [-0.05, 0) is 93.1 Å². The van der Waals surface area contributed by atoms with Crippen LogP contribution in [0.1, 0.15) is 59.2 Å². The van der Waals surface area contributed by atoms with Crippen LogP contribution < -0.4 is 14.8 Å². The maximum Gasteiger partial charge on any atom is 0.264 e. The summed E-state index contributed by atoms with van der Waals surface area (Å²) in [6.45, 7) is 6.71. The van der Waals surface area contributed by atoms with Gasteiger partial charge in [0.25, 0.3) is 15.9 Å². The van der Waals surface area contributed by atoms with E-state index >= 15 is 0 Å². The van der Waals surface area contributed by atoms with Gasteiger partial charge in [-0.2, -0.15) is 4.98 Å². The lowest BCUT2D eigenvalue weighted by Crippen LogP contribution is -2.55. The smallest absolute Gasteiger partial charge is 0.264 e. The number of hydrogen-bond donors (Lipinski definition) is 2. The van der Waals surface area contributed by atoms with E-state index in [1.54, 1.807) is 24.3 Å². The second-order valence-corrected chi connectivity index (χ2v) is 15.9. The molecule has 0 aliphatic carbocycles. The quantitative estimate of drug-likeness (QED) is 0.282. The van der Waals surface area contributed by atoms with Crippen molar-refractivity contribution in [2.24, 2.45) is 5.41 Å². The minimum absolute atomic E-state index is 0.0882. The largest absolute Gasteiger partial charge is 0.477 e. The molecule has 0 saturated carbocycles. The fourth-order valence-corrected chi connectivity index (χ4v) is 8.53. The first-order valence-corrected chi connectivity index (χ1v) is 19.2. The van der Waals surface area contributed by atoms with E-state index in [1.807, 2.05) is 36.9 Å². The number of anilines is 1. The molecule has 7 rings (SSSR count). The average Bonchev–Trinajstić information content (AvgIpc) is 3.14. The monoisotopic (exact) mass is 726 g/mol. The van der Waals surface area contributed by atoms with Gasteiger partial charge >= 0.3 is 0 Å². The van der Waals surface area contributed by atoms with Crippen LogP contribution in [0.25, 0.3) is 11.3 Å². The highest BCUT2D eigenvalue weighted by atomic mass is 32.2. The summed E-state index contributed by atoms with van der Waals surface area (Å²) in [5, 5.41) is 3.03. The van der Waals surface area contributed by atoms with Gasteiger partial charge in [0.15, 0.2) is 0 Å². The van der Waals surface area contributed by atoms with Crippen LogP contribution in [0.5, 0.6) is 5.88 Å². The van der Waals surface area contributed by atoms with Gasteiger partial charge < -0.3 is 15.0 Å². The first kappa shape index (κ1) is 35.5. The Morgan fingerprint density at radius 3 is 2.44 bits per heavy atom. The Morgan fingerprint density at radius 2 is 1.69 bits per heavy atom. The fraction of sp³-hybridized carbons (Fsp3) is 0.385. The number of aryl methyl sites for hydroxylation is 2. The van der Waals surface area contributed by atoms with E-state index in [9.17, 15) is 22.4 Å². The SMILES string of the molecule is Cc1cccc(C)c1-c1cc2nc(n1)NS(=O)(=O)c1cccc(c1)C(=O)NCC1(CCN(C(=O)C3CCCCN3Cc3ccc(F)cc3)CC1)CO2. The highest BCUT2D eigenvalue weighted by Crippen LogP contribution is 2.35. The van der Waals surface area contributed by atoms with Crippen molar-refractivity contribution in [1.82, 2.24) is 25.1 Å². The summed E-state index contributed by atoms with van der Waals surface area (Å²) in [6.07, 6.45) is 3.88. The highest BCUT2D eigenvalue weighted by Gasteiger charge is 2.40. The Kier molecular flexibility index (Phi) is 9.99. The maximum atomic E-state index is 14.1. The van der Waals surface area contributed by atoms with Crippen molar-refractivity contribution in [3.8, 4) is 17.1 Å². The molecule has 11 nitrogen and oxygen atoms in total. The second-order valence-electron chi connectivity index (χ2n) is 14.2. The Balaban J connectivity index is 1.16. The van der Waals surface area contributed by atoms with Crippen LogP contribution in [0, 0.1) is 25.1 Å². The molecule has 1 atom stereocenters. The van der Waals surface area contributed by atoms with Crippen LogP contribution in [0.15, 0.2) is 77.7 Å². The standard InChI is InChI=1S/C39H43FN6O5S/c1-26-7-5-8-27(2)35(26)32-22-34-43-38(42-32)44-52(49,50)31-10-6-9-29(21-31)36(47)41-24-39(25-51-34)16-19-45(20-17-39)37(48)33-11-3-4-18-46(33)23-28-12-14-30(40)15-13-28/h5-10,12-15,21-22,33H,3-4,11,16-20,23-25H2,1-2H3,(H,41,47)(H,42,43,44). The number of halogens is 1. The first-order valence-electron chi connectivity index (χ1n) is 17.8. The number of nitrogens with zero attached hydrogens (tertiary/aromatic N) is 4. The lowest BCUT2D eigenvalue weighted by Gasteiger charge is -2.44. The van der Waals surface area contributed by atoms with Gasteiger partial charge in [0.2, 0.25) is 17.7 Å². The van der Waals surface area contributed by atoms with E-state index in [2.05, 4.69) is 24.9 Å². The van der Waals surface area contributed by atoms with Crippen LogP contribution in [0.3, 0.4) is 0 Å². The molecule has 2 amide bonds. The zero-order valence-corrected chi connectivity index (χ0v) is 30.2. The molecule has 4 bridgehead atoms. The van der Waals surface area contributed by atoms with E-state index in [1.165, 1.54) is 30.3 Å². The molecule has 272 valence electrons. The van der Waals surface area contributed by atoms with Gasteiger partial charge in [0.05, 0.1) is 23.2 Å². The number of benzene rings is 3. The number of piperidine rings is 2.